The van der Waals surface area contributed by atoms with E-state index >= 15 is 0 Å². The van der Waals surface area contributed by atoms with Gasteiger partial charge in [-0.3, -0.25) is 19.3 Å². The maximum absolute atomic E-state index is 12.4. The van der Waals surface area contributed by atoms with Gasteiger partial charge in [-0.05, 0) is 30.5 Å². The van der Waals surface area contributed by atoms with Crippen LogP contribution in [0.3, 0.4) is 0 Å². The van der Waals surface area contributed by atoms with E-state index in [1.807, 2.05) is 24.3 Å². The Labute approximate surface area is 147 Å². The number of fused-ring (bicyclic) bond motifs is 1. The lowest BCUT2D eigenvalue weighted by atomic mass is 9.81. The number of carbonyl (C=O) groups excluding carboxylic acids is 3. The predicted molar refractivity (Wildman–Crippen MR) is 91.6 cm³/mol. The highest BCUT2D eigenvalue weighted by Crippen LogP contribution is 2.37. The minimum Gasteiger partial charge on any atom is -0.497 e. The summed E-state index contributed by atoms with van der Waals surface area (Å²) in [6.07, 6.45) is 3.77. The van der Waals surface area contributed by atoms with Crippen LogP contribution in [-0.4, -0.2) is 36.3 Å². The molecule has 25 heavy (non-hydrogen) atoms. The number of hydrogen-bond acceptors (Lipinski definition) is 4. The van der Waals surface area contributed by atoms with Crippen molar-refractivity contribution in [3.05, 3.63) is 29.8 Å². The van der Waals surface area contributed by atoms with Crippen LogP contribution in [0, 0.1) is 11.8 Å². The molecule has 0 unspecified atom stereocenters. The molecule has 6 heteroatoms. The van der Waals surface area contributed by atoms with Crippen LogP contribution >= 0.6 is 0 Å². The van der Waals surface area contributed by atoms with E-state index in [-0.39, 0.29) is 42.5 Å². The highest BCUT2D eigenvalue weighted by molar-refractivity contribution is 6.05. The topological polar surface area (TPSA) is 75.7 Å². The quantitative estimate of drug-likeness (QED) is 0.800. The van der Waals surface area contributed by atoms with Crippen LogP contribution in [0.2, 0.25) is 0 Å². The Kier molecular flexibility index (Phi) is 5.36. The van der Waals surface area contributed by atoms with Gasteiger partial charge in [0.1, 0.15) is 5.75 Å². The molecule has 1 N–H and O–H groups in total. The molecule has 1 saturated carbocycles. The number of nitrogens with one attached hydrogen (secondary N) is 1. The standard InChI is InChI=1S/C19H24N2O4/c1-25-14-8-6-13(7-9-14)12-20-17(22)10-11-21-18(23)15-4-2-3-5-16(15)19(21)24/h6-9,15-16H,2-5,10-12H2,1H3,(H,20,22)/t15-,16-/m1/s1. The van der Waals surface area contributed by atoms with Crippen LogP contribution in [0.15, 0.2) is 24.3 Å². The van der Waals surface area contributed by atoms with E-state index in [0.717, 1.165) is 37.0 Å². The van der Waals surface area contributed by atoms with Crippen LogP contribution in [0.1, 0.15) is 37.7 Å². The van der Waals surface area contributed by atoms with Crippen LogP contribution < -0.4 is 10.1 Å². The lowest BCUT2D eigenvalue weighted by Crippen LogP contribution is -2.35. The molecule has 2 aliphatic rings. The first-order chi connectivity index (χ1) is 12.1. The largest absolute Gasteiger partial charge is 0.497 e. The van der Waals surface area contributed by atoms with Gasteiger partial charge in [0.15, 0.2) is 0 Å². The van der Waals surface area contributed by atoms with Gasteiger partial charge < -0.3 is 10.1 Å². The molecule has 2 atom stereocenters. The molecule has 1 aliphatic heterocycles. The molecule has 1 aliphatic carbocycles. The van der Waals surface area contributed by atoms with Gasteiger partial charge in [0.25, 0.3) is 0 Å². The smallest absolute Gasteiger partial charge is 0.233 e. The van der Waals surface area contributed by atoms with Crippen LogP contribution in [0.25, 0.3) is 0 Å². The lowest BCUT2D eigenvalue weighted by molar-refractivity contribution is -0.140. The Morgan fingerprint density at radius 3 is 2.28 bits per heavy atom. The van der Waals surface area contributed by atoms with E-state index in [0.29, 0.717) is 6.54 Å². The molecule has 0 radical (unpaired) electrons. The Morgan fingerprint density at radius 1 is 1.12 bits per heavy atom. The number of methoxy groups -OCH3 is 1. The maximum atomic E-state index is 12.4. The third-order valence-electron chi connectivity index (χ3n) is 5.14. The number of nitrogens with zero attached hydrogens (tertiary/aromatic N) is 1. The average molecular weight is 344 g/mol. The van der Waals surface area contributed by atoms with Crippen molar-refractivity contribution in [3.8, 4) is 5.75 Å². The van der Waals surface area contributed by atoms with E-state index in [2.05, 4.69) is 5.32 Å². The van der Waals surface area contributed by atoms with Crippen LogP contribution in [0.4, 0.5) is 0 Å². The van der Waals surface area contributed by atoms with E-state index in [9.17, 15) is 14.4 Å². The number of imide groups is 1. The number of benzene rings is 1. The molecule has 1 aromatic carbocycles. The Hall–Kier alpha value is -2.37. The second-order valence-electron chi connectivity index (χ2n) is 6.70. The average Bonchev–Trinajstić information content (AvgIpc) is 2.89. The second kappa shape index (κ2) is 7.68. The highest BCUT2D eigenvalue weighted by Gasteiger charge is 2.47. The zero-order valence-electron chi connectivity index (χ0n) is 14.5. The van der Waals surface area contributed by atoms with Gasteiger partial charge in [-0.25, -0.2) is 0 Å². The number of hydrogen-bond donors (Lipinski definition) is 1. The first kappa shape index (κ1) is 17.5. The van der Waals surface area contributed by atoms with Gasteiger partial charge in [0.05, 0.1) is 18.9 Å². The molecular formula is C19H24N2O4. The van der Waals surface area contributed by atoms with Crippen molar-refractivity contribution >= 4 is 17.7 Å². The predicted octanol–water partition coefficient (Wildman–Crippen LogP) is 1.88. The normalized spacial score (nSPS) is 22.7. The molecule has 2 fully saturated rings. The molecule has 0 spiro atoms. The number of ether oxygens (including phenoxy) is 1. The molecule has 0 aromatic heterocycles. The molecule has 1 saturated heterocycles. The lowest BCUT2D eigenvalue weighted by Gasteiger charge is -2.19. The molecule has 3 amide bonds. The number of rotatable bonds is 6. The summed E-state index contributed by atoms with van der Waals surface area (Å²) in [5.41, 5.74) is 0.966. The summed E-state index contributed by atoms with van der Waals surface area (Å²) in [6.45, 7) is 0.592. The van der Waals surface area contributed by atoms with Crippen LogP contribution in [-0.2, 0) is 20.9 Å². The fourth-order valence-corrected chi connectivity index (χ4v) is 3.70. The molecule has 3 rings (SSSR count). The molecule has 0 bridgehead atoms. The monoisotopic (exact) mass is 344 g/mol. The molecule has 1 heterocycles. The summed E-state index contributed by atoms with van der Waals surface area (Å²) in [7, 11) is 1.61. The zero-order valence-corrected chi connectivity index (χ0v) is 14.5. The number of likely N-dealkylation sites (tertiary alicyclic amines) is 1. The van der Waals surface area contributed by atoms with Gasteiger partial charge in [-0.15, -0.1) is 0 Å². The fourth-order valence-electron chi connectivity index (χ4n) is 3.70. The van der Waals surface area contributed by atoms with Gasteiger partial charge in [0.2, 0.25) is 17.7 Å². The first-order valence-electron chi connectivity index (χ1n) is 8.85. The van der Waals surface area contributed by atoms with Crippen molar-refractivity contribution in [2.24, 2.45) is 11.8 Å². The molecule has 1 aromatic rings. The van der Waals surface area contributed by atoms with Crippen molar-refractivity contribution < 1.29 is 19.1 Å². The van der Waals surface area contributed by atoms with E-state index in [1.54, 1.807) is 7.11 Å². The highest BCUT2D eigenvalue weighted by atomic mass is 16.5. The fraction of sp³-hybridized carbons (Fsp3) is 0.526. The SMILES string of the molecule is COc1ccc(CNC(=O)CCN2C(=O)[C@@H]3CCCC[C@H]3C2=O)cc1. The minimum atomic E-state index is -0.161. The second-order valence-corrected chi connectivity index (χ2v) is 6.70. The van der Waals surface area contributed by atoms with Crippen LogP contribution in [0.5, 0.6) is 5.75 Å². The van der Waals surface area contributed by atoms with E-state index in [1.165, 1.54) is 4.90 Å². The summed E-state index contributed by atoms with van der Waals surface area (Å²) in [5.74, 6) is 0.136. The Bertz CT molecular complexity index is 632. The summed E-state index contributed by atoms with van der Waals surface area (Å²) in [4.78, 5) is 38.1. The van der Waals surface area contributed by atoms with Gasteiger partial charge in [0, 0.05) is 19.5 Å². The molecule has 6 nitrogen and oxygen atoms in total. The zero-order chi connectivity index (χ0) is 17.8. The van der Waals surface area contributed by atoms with Crippen molar-refractivity contribution in [3.63, 3.8) is 0 Å². The maximum Gasteiger partial charge on any atom is 0.233 e. The van der Waals surface area contributed by atoms with Gasteiger partial charge >= 0.3 is 0 Å². The number of carbonyl (C=O) groups is 3. The summed E-state index contributed by atoms with van der Waals surface area (Å²) < 4.78 is 5.09. The molecular weight excluding hydrogens is 320 g/mol. The van der Waals surface area contributed by atoms with Crippen molar-refractivity contribution in [1.82, 2.24) is 10.2 Å². The third kappa shape index (κ3) is 3.83. The minimum absolute atomic E-state index is 0.0855. The van der Waals surface area contributed by atoms with E-state index < -0.39 is 0 Å². The number of amides is 3. The third-order valence-corrected chi connectivity index (χ3v) is 5.14. The summed E-state index contributed by atoms with van der Waals surface area (Å²) >= 11 is 0. The van der Waals surface area contributed by atoms with Gasteiger partial charge in [-0.1, -0.05) is 25.0 Å². The van der Waals surface area contributed by atoms with Crippen molar-refractivity contribution in [1.29, 1.82) is 0 Å². The summed E-state index contributed by atoms with van der Waals surface area (Å²) in [5, 5.41) is 2.82. The van der Waals surface area contributed by atoms with Gasteiger partial charge in [-0.2, -0.15) is 0 Å². The van der Waals surface area contributed by atoms with Crippen molar-refractivity contribution in [2.45, 2.75) is 38.6 Å². The van der Waals surface area contributed by atoms with Crippen molar-refractivity contribution in [2.75, 3.05) is 13.7 Å². The Morgan fingerprint density at radius 2 is 1.72 bits per heavy atom. The molecule has 134 valence electrons. The van der Waals surface area contributed by atoms with E-state index in [4.69, 9.17) is 4.74 Å². The summed E-state index contributed by atoms with van der Waals surface area (Å²) in [6, 6.07) is 7.45. The Balaban J connectivity index is 1.47. The first-order valence-corrected chi connectivity index (χ1v) is 8.85.